The van der Waals surface area contributed by atoms with Gasteiger partial charge in [0.05, 0.1) is 12.5 Å². The Morgan fingerprint density at radius 3 is 2.39 bits per heavy atom. The van der Waals surface area contributed by atoms with Crippen LogP contribution in [0.3, 0.4) is 0 Å². The van der Waals surface area contributed by atoms with Crippen molar-refractivity contribution in [2.24, 2.45) is 5.92 Å². The second kappa shape index (κ2) is 6.34. The predicted octanol–water partition coefficient (Wildman–Crippen LogP) is 2.90. The van der Waals surface area contributed by atoms with Gasteiger partial charge in [-0.15, -0.1) is 0 Å². The largest absolute Gasteiger partial charge is 0.464 e. The van der Waals surface area contributed by atoms with Crippen LogP contribution in [0.4, 0.5) is 0 Å². The molecule has 0 radical (unpaired) electrons. The van der Waals surface area contributed by atoms with Crippen molar-refractivity contribution in [3.63, 3.8) is 0 Å². The van der Waals surface area contributed by atoms with Gasteiger partial charge in [-0.05, 0) is 17.7 Å². The molecule has 0 aliphatic heterocycles. The minimum atomic E-state index is -0.564. The number of esters is 1. The Hall–Kier alpha value is -0.870. The van der Waals surface area contributed by atoms with Gasteiger partial charge in [-0.25, -0.2) is 0 Å². The van der Waals surface area contributed by atoms with E-state index in [-0.39, 0.29) is 25.1 Å². The van der Waals surface area contributed by atoms with E-state index in [1.54, 1.807) is 13.8 Å². The molecular formula is C14H19BrO3. The van der Waals surface area contributed by atoms with Crippen molar-refractivity contribution in [2.75, 3.05) is 13.2 Å². The van der Waals surface area contributed by atoms with E-state index >= 15 is 0 Å². The highest BCUT2D eigenvalue weighted by Gasteiger charge is 2.28. The van der Waals surface area contributed by atoms with Crippen molar-refractivity contribution in [3.8, 4) is 0 Å². The fraction of sp³-hybridized carbons (Fsp3) is 0.500. The lowest BCUT2D eigenvalue weighted by Crippen LogP contribution is -2.34. The number of carbonyl (C=O) groups excluding carboxylic acids is 1. The van der Waals surface area contributed by atoms with Crippen molar-refractivity contribution in [3.05, 3.63) is 34.3 Å². The number of benzene rings is 1. The number of halogens is 1. The van der Waals surface area contributed by atoms with Crippen LogP contribution in [0.15, 0.2) is 28.7 Å². The van der Waals surface area contributed by atoms with Crippen molar-refractivity contribution in [1.82, 2.24) is 0 Å². The Bertz CT molecular complexity index is 400. The first-order valence-electron chi connectivity index (χ1n) is 5.92. The summed E-state index contributed by atoms with van der Waals surface area (Å²) in [5.74, 6) is -0.398. The minimum Gasteiger partial charge on any atom is -0.464 e. The number of aliphatic hydroxyl groups is 1. The minimum absolute atomic E-state index is 0.0694. The van der Waals surface area contributed by atoms with Crippen LogP contribution < -0.4 is 0 Å². The molecule has 0 unspecified atom stereocenters. The average Bonchev–Trinajstić information content (AvgIpc) is 2.36. The Kier molecular flexibility index (Phi) is 5.35. The van der Waals surface area contributed by atoms with Crippen LogP contribution in [0.25, 0.3) is 0 Å². The van der Waals surface area contributed by atoms with Crippen LogP contribution in [0.1, 0.15) is 26.3 Å². The van der Waals surface area contributed by atoms with Crippen molar-refractivity contribution >= 4 is 21.9 Å². The third-order valence-corrected chi connectivity index (χ3v) is 3.42. The summed E-state index contributed by atoms with van der Waals surface area (Å²) >= 11 is 3.37. The van der Waals surface area contributed by atoms with Gasteiger partial charge in [0.2, 0.25) is 0 Å². The molecule has 1 atom stereocenters. The fourth-order valence-corrected chi connectivity index (χ4v) is 1.73. The lowest BCUT2D eigenvalue weighted by molar-refractivity contribution is -0.149. The van der Waals surface area contributed by atoms with Gasteiger partial charge in [-0.1, -0.05) is 48.8 Å². The zero-order chi connectivity index (χ0) is 13.8. The molecule has 0 saturated heterocycles. The highest BCUT2D eigenvalue weighted by atomic mass is 79.9. The first-order valence-corrected chi connectivity index (χ1v) is 6.72. The lowest BCUT2D eigenvalue weighted by Gasteiger charge is -2.27. The quantitative estimate of drug-likeness (QED) is 0.850. The maximum atomic E-state index is 11.5. The molecule has 100 valence electrons. The van der Waals surface area contributed by atoms with E-state index in [1.165, 1.54) is 0 Å². The molecule has 0 aromatic heterocycles. The average molecular weight is 315 g/mol. The predicted molar refractivity (Wildman–Crippen MR) is 74.4 cm³/mol. The molecule has 1 N–H and O–H groups in total. The zero-order valence-corrected chi connectivity index (χ0v) is 12.5. The second-order valence-electron chi connectivity index (χ2n) is 4.99. The summed E-state index contributed by atoms with van der Waals surface area (Å²) in [7, 11) is 0. The van der Waals surface area contributed by atoms with Crippen LogP contribution in [-0.4, -0.2) is 24.3 Å². The van der Waals surface area contributed by atoms with Gasteiger partial charge in [0, 0.05) is 9.89 Å². The fourth-order valence-electron chi connectivity index (χ4n) is 1.47. The van der Waals surface area contributed by atoms with Gasteiger partial charge < -0.3 is 9.84 Å². The van der Waals surface area contributed by atoms with Gasteiger partial charge in [0.1, 0.15) is 6.61 Å². The van der Waals surface area contributed by atoms with Gasteiger partial charge >= 0.3 is 5.97 Å². The van der Waals surface area contributed by atoms with E-state index in [9.17, 15) is 9.90 Å². The first-order chi connectivity index (χ1) is 8.39. The highest BCUT2D eigenvalue weighted by Crippen LogP contribution is 2.25. The summed E-state index contributed by atoms with van der Waals surface area (Å²) in [6.45, 7) is 5.57. The maximum Gasteiger partial charge on any atom is 0.308 e. The van der Waals surface area contributed by atoms with Crippen LogP contribution in [0.2, 0.25) is 0 Å². The summed E-state index contributed by atoms with van der Waals surface area (Å²) in [6.07, 6.45) is 0. The summed E-state index contributed by atoms with van der Waals surface area (Å²) in [5.41, 5.74) is 0.385. The summed E-state index contributed by atoms with van der Waals surface area (Å²) in [6, 6.07) is 7.66. The zero-order valence-electron chi connectivity index (χ0n) is 10.9. The van der Waals surface area contributed by atoms with Crippen molar-refractivity contribution in [1.29, 1.82) is 0 Å². The molecule has 4 heteroatoms. The molecule has 0 spiro atoms. The van der Waals surface area contributed by atoms with Gasteiger partial charge in [-0.2, -0.15) is 0 Å². The molecule has 3 nitrogen and oxygen atoms in total. The molecular weight excluding hydrogens is 296 g/mol. The monoisotopic (exact) mass is 314 g/mol. The Morgan fingerprint density at radius 1 is 1.39 bits per heavy atom. The van der Waals surface area contributed by atoms with Gasteiger partial charge in [0.25, 0.3) is 0 Å². The second-order valence-corrected chi connectivity index (χ2v) is 5.90. The molecule has 0 heterocycles. The Labute approximate surface area is 116 Å². The first kappa shape index (κ1) is 15.2. The van der Waals surface area contributed by atoms with E-state index in [1.807, 2.05) is 31.2 Å². The number of aliphatic hydroxyl groups excluding tert-OH is 1. The van der Waals surface area contributed by atoms with E-state index in [0.29, 0.717) is 0 Å². The van der Waals surface area contributed by atoms with E-state index < -0.39 is 5.41 Å². The molecule has 18 heavy (non-hydrogen) atoms. The molecule has 1 aromatic rings. The molecule has 0 fully saturated rings. The molecule has 0 saturated carbocycles. The SMILES string of the molecule is CC(C)C(=O)OC[C@](C)(CO)c1ccc(Br)cc1. The van der Waals surface area contributed by atoms with Crippen LogP contribution in [-0.2, 0) is 14.9 Å². The summed E-state index contributed by atoms with van der Waals surface area (Å²) in [5, 5.41) is 9.56. The molecule has 0 aliphatic rings. The number of hydrogen-bond donors (Lipinski definition) is 1. The molecule has 0 aliphatic carbocycles. The third kappa shape index (κ3) is 3.82. The number of hydrogen-bond acceptors (Lipinski definition) is 3. The van der Waals surface area contributed by atoms with E-state index in [0.717, 1.165) is 10.0 Å². The molecule has 1 rings (SSSR count). The summed E-state index contributed by atoms with van der Waals surface area (Å²) in [4.78, 5) is 11.5. The molecule has 1 aromatic carbocycles. The topological polar surface area (TPSA) is 46.5 Å². The van der Waals surface area contributed by atoms with Crippen molar-refractivity contribution < 1.29 is 14.6 Å². The Balaban J connectivity index is 2.79. The maximum absolute atomic E-state index is 11.5. The van der Waals surface area contributed by atoms with E-state index in [4.69, 9.17) is 4.74 Å². The highest BCUT2D eigenvalue weighted by molar-refractivity contribution is 9.10. The number of rotatable bonds is 5. The Morgan fingerprint density at radius 2 is 1.94 bits per heavy atom. The standard InChI is InChI=1S/C14H19BrO3/c1-10(2)13(17)18-9-14(3,8-16)11-4-6-12(15)7-5-11/h4-7,10,16H,8-9H2,1-3H3/t14-/m0/s1. The molecule has 0 amide bonds. The van der Waals surface area contributed by atoms with Gasteiger partial charge in [0.15, 0.2) is 0 Å². The van der Waals surface area contributed by atoms with Crippen LogP contribution in [0.5, 0.6) is 0 Å². The summed E-state index contributed by atoms with van der Waals surface area (Å²) < 4.78 is 6.21. The lowest BCUT2D eigenvalue weighted by atomic mass is 9.84. The van der Waals surface area contributed by atoms with Crippen LogP contribution >= 0.6 is 15.9 Å². The third-order valence-electron chi connectivity index (χ3n) is 2.89. The molecule has 0 bridgehead atoms. The van der Waals surface area contributed by atoms with Crippen LogP contribution in [0, 0.1) is 5.92 Å². The number of carbonyl (C=O) groups is 1. The van der Waals surface area contributed by atoms with Gasteiger partial charge in [-0.3, -0.25) is 4.79 Å². The van der Waals surface area contributed by atoms with E-state index in [2.05, 4.69) is 15.9 Å². The van der Waals surface area contributed by atoms with Crippen molar-refractivity contribution in [2.45, 2.75) is 26.2 Å². The number of ether oxygens (including phenoxy) is 1. The smallest absolute Gasteiger partial charge is 0.308 e. The normalized spacial score (nSPS) is 14.3.